The summed E-state index contributed by atoms with van der Waals surface area (Å²) in [4.78, 5) is 13.7. The summed E-state index contributed by atoms with van der Waals surface area (Å²) < 4.78 is 10.2. The van der Waals surface area contributed by atoms with E-state index in [0.717, 1.165) is 5.56 Å². The smallest absolute Gasteiger partial charge is 0.414 e. The minimum absolute atomic E-state index is 0.0139. The Balaban J connectivity index is 2.52. The number of hydrogen-bond acceptors (Lipinski definition) is 5. The molecule has 1 aromatic carbocycles. The fourth-order valence-electron chi connectivity index (χ4n) is 2.55. The van der Waals surface area contributed by atoms with Crippen LogP contribution in [0.15, 0.2) is 12.1 Å². The third-order valence-corrected chi connectivity index (χ3v) is 3.49. The molecule has 3 N–H and O–H groups in total. The van der Waals surface area contributed by atoms with E-state index in [4.69, 9.17) is 15.2 Å². The molecule has 0 aromatic heterocycles. The number of phenols is 1. The number of fused-ring (bicyclic) bond motifs is 1. The molecule has 1 aliphatic rings. The normalized spacial score (nSPS) is 21.3. The molecule has 1 aromatic rings. The minimum Gasteiger partial charge on any atom is -0.504 e. The van der Waals surface area contributed by atoms with Crippen molar-refractivity contribution in [3.63, 3.8) is 0 Å². The van der Waals surface area contributed by atoms with Gasteiger partial charge in [0.15, 0.2) is 11.5 Å². The first-order valence-corrected chi connectivity index (χ1v) is 6.62. The van der Waals surface area contributed by atoms with Crippen LogP contribution < -0.4 is 15.4 Å². The van der Waals surface area contributed by atoms with Gasteiger partial charge in [-0.1, -0.05) is 0 Å². The SMILES string of the molecule is CCOC(=O)N1c2cc(OC)c(O)cc2C(N)CC1C. The Morgan fingerprint density at radius 2 is 2.25 bits per heavy atom. The van der Waals surface area contributed by atoms with Gasteiger partial charge in [0.2, 0.25) is 0 Å². The first-order chi connectivity index (χ1) is 9.49. The van der Waals surface area contributed by atoms with Crippen molar-refractivity contribution in [2.75, 3.05) is 18.6 Å². The third-order valence-electron chi connectivity index (χ3n) is 3.49. The largest absolute Gasteiger partial charge is 0.504 e. The lowest BCUT2D eigenvalue weighted by molar-refractivity contribution is 0.156. The van der Waals surface area contributed by atoms with Crippen molar-refractivity contribution in [1.82, 2.24) is 0 Å². The lowest BCUT2D eigenvalue weighted by Crippen LogP contribution is -2.44. The molecule has 0 spiro atoms. The summed E-state index contributed by atoms with van der Waals surface area (Å²) in [6, 6.07) is 2.86. The van der Waals surface area contributed by atoms with Crippen LogP contribution in [0.5, 0.6) is 11.5 Å². The average Bonchev–Trinajstić information content (AvgIpc) is 2.39. The summed E-state index contributed by atoms with van der Waals surface area (Å²) in [5.74, 6) is 0.319. The highest BCUT2D eigenvalue weighted by atomic mass is 16.6. The van der Waals surface area contributed by atoms with E-state index in [1.165, 1.54) is 7.11 Å². The number of nitrogens with zero attached hydrogens (tertiary/aromatic N) is 1. The van der Waals surface area contributed by atoms with Crippen molar-refractivity contribution in [3.05, 3.63) is 17.7 Å². The highest BCUT2D eigenvalue weighted by molar-refractivity contribution is 5.91. The molecule has 1 amide bonds. The van der Waals surface area contributed by atoms with Gasteiger partial charge >= 0.3 is 6.09 Å². The molecule has 2 rings (SSSR count). The first-order valence-electron chi connectivity index (χ1n) is 6.62. The molecule has 6 heteroatoms. The summed E-state index contributed by atoms with van der Waals surface area (Å²) in [6.07, 6.45) is 0.193. The van der Waals surface area contributed by atoms with Crippen LogP contribution in [0, 0.1) is 0 Å². The Morgan fingerprint density at radius 3 is 2.85 bits per heavy atom. The number of amides is 1. The highest BCUT2D eigenvalue weighted by Gasteiger charge is 2.34. The Hall–Kier alpha value is -1.95. The molecular weight excluding hydrogens is 260 g/mol. The van der Waals surface area contributed by atoms with Gasteiger partial charge in [-0.05, 0) is 31.9 Å². The van der Waals surface area contributed by atoms with Gasteiger partial charge in [-0.2, -0.15) is 0 Å². The second-order valence-corrected chi connectivity index (χ2v) is 4.84. The zero-order valence-electron chi connectivity index (χ0n) is 11.9. The highest BCUT2D eigenvalue weighted by Crippen LogP contribution is 2.42. The minimum atomic E-state index is -0.416. The van der Waals surface area contributed by atoms with E-state index in [2.05, 4.69) is 0 Å². The first kappa shape index (κ1) is 14.5. The molecule has 0 fully saturated rings. The number of methoxy groups -OCH3 is 1. The molecule has 1 heterocycles. The topological polar surface area (TPSA) is 85.0 Å². The number of nitrogens with two attached hydrogens (primary N) is 1. The van der Waals surface area contributed by atoms with Gasteiger partial charge in [0, 0.05) is 18.2 Å². The fourth-order valence-corrected chi connectivity index (χ4v) is 2.55. The van der Waals surface area contributed by atoms with E-state index in [-0.39, 0.29) is 17.8 Å². The maximum absolute atomic E-state index is 12.1. The maximum atomic E-state index is 12.1. The zero-order valence-corrected chi connectivity index (χ0v) is 11.9. The van der Waals surface area contributed by atoms with E-state index < -0.39 is 6.09 Å². The predicted molar refractivity (Wildman–Crippen MR) is 75.2 cm³/mol. The second kappa shape index (κ2) is 5.58. The number of aromatic hydroxyl groups is 1. The van der Waals surface area contributed by atoms with Crippen LogP contribution in [0.1, 0.15) is 31.9 Å². The van der Waals surface area contributed by atoms with Crippen molar-refractivity contribution in [2.45, 2.75) is 32.4 Å². The van der Waals surface area contributed by atoms with Crippen LogP contribution in [-0.4, -0.2) is 31.0 Å². The van der Waals surface area contributed by atoms with Crippen molar-refractivity contribution >= 4 is 11.8 Å². The Bertz CT molecular complexity index is 518. The van der Waals surface area contributed by atoms with Gasteiger partial charge in [-0.25, -0.2) is 4.79 Å². The standard InChI is InChI=1S/C14H20N2O4/c1-4-20-14(18)16-8(2)5-10(15)9-6-12(17)13(19-3)7-11(9)16/h6-8,10,17H,4-5,15H2,1-3H3. The van der Waals surface area contributed by atoms with Crippen molar-refractivity contribution < 1.29 is 19.4 Å². The van der Waals surface area contributed by atoms with Crippen molar-refractivity contribution in [1.29, 1.82) is 0 Å². The molecule has 0 saturated carbocycles. The number of phenolic OH excluding ortho intramolecular Hbond substituents is 1. The summed E-state index contributed by atoms with van der Waals surface area (Å²) in [5, 5.41) is 9.86. The van der Waals surface area contributed by atoms with E-state index in [0.29, 0.717) is 24.5 Å². The number of ether oxygens (including phenoxy) is 2. The summed E-state index contributed by atoms with van der Waals surface area (Å²) in [5.41, 5.74) is 7.45. The summed E-state index contributed by atoms with van der Waals surface area (Å²) in [7, 11) is 1.46. The van der Waals surface area contributed by atoms with E-state index in [1.807, 2.05) is 6.92 Å². The molecule has 20 heavy (non-hydrogen) atoms. The second-order valence-electron chi connectivity index (χ2n) is 4.84. The lowest BCUT2D eigenvalue weighted by atomic mass is 9.92. The van der Waals surface area contributed by atoms with Crippen LogP contribution in [-0.2, 0) is 4.74 Å². The molecule has 0 bridgehead atoms. The van der Waals surface area contributed by atoms with Gasteiger partial charge in [-0.15, -0.1) is 0 Å². The molecule has 0 saturated heterocycles. The molecule has 2 atom stereocenters. The third kappa shape index (κ3) is 2.38. The molecule has 6 nitrogen and oxygen atoms in total. The lowest BCUT2D eigenvalue weighted by Gasteiger charge is -2.37. The number of carbonyl (C=O) groups is 1. The molecule has 0 aliphatic carbocycles. The molecular formula is C14H20N2O4. The summed E-state index contributed by atoms with van der Waals surface area (Å²) >= 11 is 0. The number of rotatable bonds is 2. The van der Waals surface area contributed by atoms with Crippen LogP contribution in [0.25, 0.3) is 0 Å². The van der Waals surface area contributed by atoms with Gasteiger partial charge in [0.1, 0.15) is 0 Å². The van der Waals surface area contributed by atoms with Crippen LogP contribution in [0.2, 0.25) is 0 Å². The van der Waals surface area contributed by atoms with E-state index >= 15 is 0 Å². The van der Waals surface area contributed by atoms with E-state index in [9.17, 15) is 9.90 Å². The Morgan fingerprint density at radius 1 is 1.55 bits per heavy atom. The molecule has 1 aliphatic heterocycles. The monoisotopic (exact) mass is 280 g/mol. The van der Waals surface area contributed by atoms with Crippen molar-refractivity contribution in [3.8, 4) is 11.5 Å². The fraction of sp³-hybridized carbons (Fsp3) is 0.500. The Labute approximate surface area is 118 Å². The average molecular weight is 280 g/mol. The zero-order chi connectivity index (χ0) is 14.9. The number of hydrogen-bond donors (Lipinski definition) is 2. The molecule has 2 unspecified atom stereocenters. The number of anilines is 1. The summed E-state index contributed by atoms with van der Waals surface area (Å²) in [6.45, 7) is 3.98. The van der Waals surface area contributed by atoms with Gasteiger partial charge in [0.05, 0.1) is 19.4 Å². The van der Waals surface area contributed by atoms with Crippen LogP contribution >= 0.6 is 0 Å². The molecule has 0 radical (unpaired) electrons. The maximum Gasteiger partial charge on any atom is 0.414 e. The van der Waals surface area contributed by atoms with Gasteiger partial charge in [-0.3, -0.25) is 4.90 Å². The number of benzene rings is 1. The van der Waals surface area contributed by atoms with Crippen molar-refractivity contribution in [2.24, 2.45) is 5.73 Å². The van der Waals surface area contributed by atoms with Crippen LogP contribution in [0.3, 0.4) is 0 Å². The number of carbonyl (C=O) groups excluding carboxylic acids is 1. The predicted octanol–water partition coefficient (Wildman–Crippen LogP) is 2.16. The quantitative estimate of drug-likeness (QED) is 0.867. The molecule has 110 valence electrons. The van der Waals surface area contributed by atoms with E-state index in [1.54, 1.807) is 24.0 Å². The van der Waals surface area contributed by atoms with Gasteiger partial charge in [0.25, 0.3) is 0 Å². The van der Waals surface area contributed by atoms with Gasteiger partial charge < -0.3 is 20.3 Å². The Kier molecular flexibility index (Phi) is 4.04. The van der Waals surface area contributed by atoms with Crippen LogP contribution in [0.4, 0.5) is 10.5 Å².